The van der Waals surface area contributed by atoms with Crippen LogP contribution in [0.4, 0.5) is 0 Å². The van der Waals surface area contributed by atoms with Crippen molar-refractivity contribution in [1.29, 1.82) is 0 Å². The molecular weight excluding hydrogens is 195 g/mol. The van der Waals surface area contributed by atoms with Gasteiger partial charge < -0.3 is 14.8 Å². The highest BCUT2D eigenvalue weighted by Crippen LogP contribution is 2.11. The Hall–Kier alpha value is -1.33. The van der Waals surface area contributed by atoms with Crippen LogP contribution in [-0.2, 0) is 0 Å². The highest BCUT2D eigenvalue weighted by Gasteiger charge is 2.16. The number of carbonyl (C=O) groups excluding carboxylic acids is 1. The van der Waals surface area contributed by atoms with Gasteiger partial charge >= 0.3 is 7.12 Å². The van der Waals surface area contributed by atoms with Gasteiger partial charge in [0.2, 0.25) is 0 Å². The molecule has 0 radical (unpaired) electrons. The molecule has 0 fully saturated rings. The van der Waals surface area contributed by atoms with Gasteiger partial charge in [-0.2, -0.15) is 0 Å². The van der Waals surface area contributed by atoms with Crippen molar-refractivity contribution in [2.75, 3.05) is 0 Å². The number of rotatable bonds is 4. The Kier molecular flexibility index (Phi) is 3.88. The summed E-state index contributed by atoms with van der Waals surface area (Å²) in [6.07, 6.45) is 0.573. The smallest absolute Gasteiger partial charge is 0.489 e. The molecule has 0 atom stereocenters. The second-order valence-corrected chi connectivity index (χ2v) is 3.45. The van der Waals surface area contributed by atoms with Crippen molar-refractivity contribution in [3.63, 3.8) is 0 Å². The first-order chi connectivity index (χ1) is 7.04. The normalized spacial score (nSPS) is 10.2. The van der Waals surface area contributed by atoms with Crippen molar-refractivity contribution in [3.8, 4) is 5.75 Å². The van der Waals surface area contributed by atoms with Crippen molar-refractivity contribution in [2.24, 2.45) is 0 Å². The first-order valence-corrected chi connectivity index (χ1v) is 4.66. The number of benzene rings is 1. The van der Waals surface area contributed by atoms with Gasteiger partial charge in [0.25, 0.3) is 0 Å². The monoisotopic (exact) mass is 208 g/mol. The van der Waals surface area contributed by atoms with E-state index in [0.717, 1.165) is 0 Å². The molecular formula is C10H13BO4. The van der Waals surface area contributed by atoms with Gasteiger partial charge in [0.15, 0.2) is 0 Å². The van der Waals surface area contributed by atoms with Crippen LogP contribution in [0.25, 0.3) is 0 Å². The van der Waals surface area contributed by atoms with Gasteiger partial charge in [-0.15, -0.1) is 0 Å². The first kappa shape index (κ1) is 11.7. The average Bonchev–Trinajstić information content (AvgIpc) is 2.16. The Balaban J connectivity index is 3.04. The minimum Gasteiger partial charge on any atom is -0.491 e. The Bertz CT molecular complexity index is 349. The van der Waals surface area contributed by atoms with Crippen LogP contribution >= 0.6 is 0 Å². The van der Waals surface area contributed by atoms with Crippen LogP contribution in [0.1, 0.15) is 24.2 Å². The van der Waals surface area contributed by atoms with Crippen molar-refractivity contribution in [2.45, 2.75) is 20.0 Å². The summed E-state index contributed by atoms with van der Waals surface area (Å²) in [6.45, 7) is 3.73. The van der Waals surface area contributed by atoms with Crippen molar-refractivity contribution < 1.29 is 19.6 Å². The summed E-state index contributed by atoms with van der Waals surface area (Å²) >= 11 is 0. The van der Waals surface area contributed by atoms with Gasteiger partial charge in [-0.05, 0) is 37.5 Å². The topological polar surface area (TPSA) is 66.8 Å². The zero-order valence-electron chi connectivity index (χ0n) is 8.68. The van der Waals surface area contributed by atoms with Crippen LogP contribution in [0.15, 0.2) is 18.2 Å². The maximum Gasteiger partial charge on any atom is 0.489 e. The quantitative estimate of drug-likeness (QED) is 0.538. The molecule has 0 saturated heterocycles. The van der Waals surface area contributed by atoms with E-state index in [4.69, 9.17) is 14.8 Å². The fourth-order valence-electron chi connectivity index (χ4n) is 1.23. The highest BCUT2D eigenvalue weighted by molar-refractivity contribution is 6.60. The van der Waals surface area contributed by atoms with Crippen LogP contribution in [0.3, 0.4) is 0 Å². The molecule has 2 N–H and O–H groups in total. The maximum absolute atomic E-state index is 10.6. The van der Waals surface area contributed by atoms with E-state index in [9.17, 15) is 4.79 Å². The molecule has 0 unspecified atom stereocenters. The summed E-state index contributed by atoms with van der Waals surface area (Å²) in [5, 5.41) is 18.1. The standard InChI is InChI=1S/C10H13BO4/c1-7(2)15-9-4-3-8(6-12)10(5-9)11(13)14/h3-7,13-14H,1-2H3. The number of aldehydes is 1. The van der Waals surface area contributed by atoms with E-state index in [2.05, 4.69) is 0 Å². The lowest BCUT2D eigenvalue weighted by atomic mass is 9.77. The van der Waals surface area contributed by atoms with Crippen LogP contribution < -0.4 is 10.2 Å². The molecule has 15 heavy (non-hydrogen) atoms. The molecule has 0 spiro atoms. The van der Waals surface area contributed by atoms with Gasteiger partial charge in [0.1, 0.15) is 12.0 Å². The zero-order chi connectivity index (χ0) is 11.4. The third-order valence-corrected chi connectivity index (χ3v) is 1.84. The summed E-state index contributed by atoms with van der Waals surface area (Å²) in [6, 6.07) is 4.57. The van der Waals surface area contributed by atoms with Crippen LogP contribution in [0, 0.1) is 0 Å². The number of ether oxygens (including phenoxy) is 1. The molecule has 0 aliphatic rings. The van der Waals surface area contributed by atoms with Gasteiger partial charge in [0, 0.05) is 5.56 Å². The SMILES string of the molecule is CC(C)Oc1ccc(C=O)c(B(O)O)c1. The third kappa shape index (κ3) is 3.07. The lowest BCUT2D eigenvalue weighted by Gasteiger charge is -2.11. The molecule has 0 aliphatic carbocycles. The van der Waals surface area contributed by atoms with E-state index in [0.29, 0.717) is 12.0 Å². The fraction of sp³-hybridized carbons (Fsp3) is 0.300. The maximum atomic E-state index is 10.6. The molecule has 1 rings (SSSR count). The Morgan fingerprint density at radius 2 is 2.07 bits per heavy atom. The molecule has 0 heterocycles. The second kappa shape index (κ2) is 4.95. The second-order valence-electron chi connectivity index (χ2n) is 3.45. The summed E-state index contributed by atoms with van der Waals surface area (Å²) in [7, 11) is -1.67. The van der Waals surface area contributed by atoms with Crippen LogP contribution in [0.5, 0.6) is 5.75 Å². The molecule has 0 amide bonds. The van der Waals surface area contributed by atoms with E-state index in [1.165, 1.54) is 12.1 Å². The predicted molar refractivity (Wildman–Crippen MR) is 57.4 cm³/mol. The first-order valence-electron chi connectivity index (χ1n) is 4.66. The highest BCUT2D eigenvalue weighted by atomic mass is 16.5. The van der Waals surface area contributed by atoms with Gasteiger partial charge in [-0.3, -0.25) is 4.79 Å². The predicted octanol–water partition coefficient (Wildman–Crippen LogP) is -0.0339. The van der Waals surface area contributed by atoms with Crippen molar-refractivity contribution in [3.05, 3.63) is 23.8 Å². The minimum absolute atomic E-state index is 0.00392. The molecule has 80 valence electrons. The molecule has 1 aromatic carbocycles. The molecule has 0 aromatic heterocycles. The Morgan fingerprint density at radius 3 is 2.53 bits per heavy atom. The molecule has 1 aromatic rings. The molecule has 0 aliphatic heterocycles. The van der Waals surface area contributed by atoms with Crippen molar-refractivity contribution >= 4 is 18.9 Å². The number of carbonyl (C=O) groups is 1. The molecule has 4 nitrogen and oxygen atoms in total. The number of hydrogen-bond donors (Lipinski definition) is 2. The van der Waals surface area contributed by atoms with Gasteiger partial charge in [0.05, 0.1) is 6.10 Å². The minimum atomic E-state index is -1.67. The Morgan fingerprint density at radius 1 is 1.40 bits per heavy atom. The van der Waals surface area contributed by atoms with E-state index >= 15 is 0 Å². The summed E-state index contributed by atoms with van der Waals surface area (Å²) in [5.41, 5.74) is 0.407. The van der Waals surface area contributed by atoms with Gasteiger partial charge in [-0.25, -0.2) is 0 Å². The average molecular weight is 208 g/mol. The molecule has 5 heteroatoms. The zero-order valence-corrected chi connectivity index (χ0v) is 8.68. The molecule has 0 saturated carbocycles. The van der Waals surface area contributed by atoms with Crippen LogP contribution in [-0.4, -0.2) is 29.6 Å². The van der Waals surface area contributed by atoms with E-state index in [1.807, 2.05) is 13.8 Å². The lowest BCUT2D eigenvalue weighted by Crippen LogP contribution is -2.33. The van der Waals surface area contributed by atoms with E-state index in [1.54, 1.807) is 6.07 Å². The van der Waals surface area contributed by atoms with Crippen molar-refractivity contribution in [1.82, 2.24) is 0 Å². The van der Waals surface area contributed by atoms with E-state index < -0.39 is 7.12 Å². The molecule has 0 bridgehead atoms. The number of hydrogen-bond acceptors (Lipinski definition) is 4. The Labute approximate surface area is 88.6 Å². The summed E-state index contributed by atoms with van der Waals surface area (Å²) in [5.74, 6) is 0.513. The van der Waals surface area contributed by atoms with Crippen LogP contribution in [0.2, 0.25) is 0 Å². The lowest BCUT2D eigenvalue weighted by molar-refractivity contribution is 0.112. The summed E-state index contributed by atoms with van der Waals surface area (Å²) < 4.78 is 5.37. The third-order valence-electron chi connectivity index (χ3n) is 1.84. The summed E-state index contributed by atoms with van der Waals surface area (Å²) in [4.78, 5) is 10.6. The van der Waals surface area contributed by atoms with E-state index in [-0.39, 0.29) is 17.1 Å². The largest absolute Gasteiger partial charge is 0.491 e. The fourth-order valence-corrected chi connectivity index (χ4v) is 1.23. The van der Waals surface area contributed by atoms with Gasteiger partial charge in [-0.1, -0.05) is 0 Å².